The number of ether oxygens (including phenoxy) is 1. The molecule has 6 heteroatoms. The monoisotopic (exact) mass is 364 g/mol. The van der Waals surface area contributed by atoms with E-state index in [1.807, 2.05) is 60.1 Å². The Morgan fingerprint density at radius 3 is 2.85 bits per heavy atom. The van der Waals surface area contributed by atoms with Gasteiger partial charge in [-0.05, 0) is 49.9 Å². The molecule has 1 atom stereocenters. The lowest BCUT2D eigenvalue weighted by Crippen LogP contribution is -2.28. The summed E-state index contributed by atoms with van der Waals surface area (Å²) in [7, 11) is 1.86. The second-order valence-corrected chi connectivity index (χ2v) is 7.03. The predicted molar refractivity (Wildman–Crippen MR) is 104 cm³/mol. The second kappa shape index (κ2) is 7.88. The molecule has 27 heavy (non-hydrogen) atoms. The third kappa shape index (κ3) is 3.85. The van der Waals surface area contributed by atoms with Crippen LogP contribution in [-0.4, -0.2) is 51.7 Å². The maximum atomic E-state index is 12.6. The number of rotatable bonds is 6. The van der Waals surface area contributed by atoms with Crippen molar-refractivity contribution < 1.29 is 9.53 Å². The van der Waals surface area contributed by atoms with Gasteiger partial charge in [-0.1, -0.05) is 18.2 Å². The molecule has 1 fully saturated rings. The predicted octanol–water partition coefficient (Wildman–Crippen LogP) is 3.43. The Morgan fingerprint density at radius 2 is 2.07 bits per heavy atom. The van der Waals surface area contributed by atoms with Crippen molar-refractivity contribution in [3.8, 4) is 11.4 Å². The molecule has 0 saturated carbocycles. The van der Waals surface area contributed by atoms with Crippen LogP contribution in [0.3, 0.4) is 0 Å². The maximum absolute atomic E-state index is 12.6. The van der Waals surface area contributed by atoms with E-state index in [2.05, 4.69) is 10.2 Å². The molecule has 1 amide bonds. The second-order valence-electron chi connectivity index (χ2n) is 7.03. The topological polar surface area (TPSA) is 59.7 Å². The molecule has 1 unspecified atom stereocenters. The van der Waals surface area contributed by atoms with E-state index in [0.29, 0.717) is 11.7 Å². The highest BCUT2D eigenvalue weighted by Gasteiger charge is 2.17. The highest BCUT2D eigenvalue weighted by molar-refractivity contribution is 5.94. The summed E-state index contributed by atoms with van der Waals surface area (Å²) in [5, 5.41) is 8.43. The van der Waals surface area contributed by atoms with E-state index < -0.39 is 0 Å². The fourth-order valence-electron chi connectivity index (χ4n) is 3.55. The van der Waals surface area contributed by atoms with Crippen molar-refractivity contribution in [3.05, 3.63) is 54.2 Å². The molecule has 6 nitrogen and oxygen atoms in total. The van der Waals surface area contributed by atoms with E-state index in [1.54, 1.807) is 4.90 Å². The van der Waals surface area contributed by atoms with Crippen molar-refractivity contribution in [2.45, 2.75) is 31.8 Å². The van der Waals surface area contributed by atoms with Crippen molar-refractivity contribution in [1.29, 1.82) is 0 Å². The van der Waals surface area contributed by atoms with E-state index in [0.717, 1.165) is 55.9 Å². The van der Waals surface area contributed by atoms with Crippen molar-refractivity contribution in [2.24, 2.45) is 0 Å². The van der Waals surface area contributed by atoms with Gasteiger partial charge >= 0.3 is 0 Å². The van der Waals surface area contributed by atoms with Crippen molar-refractivity contribution >= 4 is 11.6 Å². The van der Waals surface area contributed by atoms with Gasteiger partial charge in [0.15, 0.2) is 11.5 Å². The van der Waals surface area contributed by atoms with E-state index in [4.69, 9.17) is 4.74 Å². The molecule has 0 radical (unpaired) electrons. The number of hydrogen-bond acceptors (Lipinski definition) is 4. The highest BCUT2D eigenvalue weighted by Crippen LogP contribution is 2.20. The number of amides is 1. The van der Waals surface area contributed by atoms with Gasteiger partial charge in [0.25, 0.3) is 5.91 Å². The Hall–Kier alpha value is -2.73. The minimum atomic E-state index is 0.0417. The number of fused-ring (bicyclic) bond motifs is 1. The lowest BCUT2D eigenvalue weighted by atomic mass is 10.1. The zero-order valence-electron chi connectivity index (χ0n) is 15.5. The van der Waals surface area contributed by atoms with Crippen LogP contribution in [0.5, 0.6) is 0 Å². The first-order valence-electron chi connectivity index (χ1n) is 9.49. The highest BCUT2D eigenvalue weighted by atomic mass is 16.5. The van der Waals surface area contributed by atoms with Crippen LogP contribution in [0.4, 0.5) is 0 Å². The minimum Gasteiger partial charge on any atom is -0.378 e. The van der Waals surface area contributed by atoms with Crippen molar-refractivity contribution in [3.63, 3.8) is 0 Å². The van der Waals surface area contributed by atoms with Crippen LogP contribution in [0.2, 0.25) is 0 Å². The molecule has 1 aliphatic heterocycles. The SMILES string of the molecule is CN(CCCC1CCCO1)C(=O)c1ccc(-c2nnc3ccccn23)cc1. The summed E-state index contributed by atoms with van der Waals surface area (Å²) in [6.07, 6.45) is 6.62. The number of nitrogens with zero attached hydrogens (tertiary/aromatic N) is 4. The fourth-order valence-corrected chi connectivity index (χ4v) is 3.55. The smallest absolute Gasteiger partial charge is 0.253 e. The van der Waals surface area contributed by atoms with E-state index in [-0.39, 0.29) is 5.91 Å². The molecule has 0 spiro atoms. The van der Waals surface area contributed by atoms with E-state index >= 15 is 0 Å². The summed E-state index contributed by atoms with van der Waals surface area (Å²) < 4.78 is 7.58. The zero-order chi connectivity index (χ0) is 18.6. The Labute approximate surface area is 158 Å². The summed E-state index contributed by atoms with van der Waals surface area (Å²) in [5.74, 6) is 0.814. The molecule has 0 N–H and O–H groups in total. The number of carbonyl (C=O) groups excluding carboxylic acids is 1. The Kier molecular flexibility index (Phi) is 5.16. The van der Waals surface area contributed by atoms with Crippen LogP contribution >= 0.6 is 0 Å². The lowest BCUT2D eigenvalue weighted by molar-refractivity contribution is 0.0763. The van der Waals surface area contributed by atoms with Gasteiger partial charge < -0.3 is 9.64 Å². The Balaban J connectivity index is 1.39. The van der Waals surface area contributed by atoms with Crippen molar-refractivity contribution in [2.75, 3.05) is 20.2 Å². The summed E-state index contributed by atoms with van der Waals surface area (Å²) in [6, 6.07) is 13.4. The van der Waals surface area contributed by atoms with Gasteiger partial charge in [0.05, 0.1) is 6.10 Å². The minimum absolute atomic E-state index is 0.0417. The third-order valence-electron chi connectivity index (χ3n) is 5.09. The van der Waals surface area contributed by atoms with Crippen LogP contribution in [-0.2, 0) is 4.74 Å². The molecular weight excluding hydrogens is 340 g/mol. The summed E-state index contributed by atoms with van der Waals surface area (Å²) in [5.41, 5.74) is 2.43. The van der Waals surface area contributed by atoms with E-state index in [1.165, 1.54) is 0 Å². The van der Waals surface area contributed by atoms with Crippen LogP contribution in [0.15, 0.2) is 48.7 Å². The summed E-state index contributed by atoms with van der Waals surface area (Å²) in [6.45, 7) is 1.63. The first-order chi connectivity index (χ1) is 13.2. The molecule has 3 aromatic rings. The van der Waals surface area contributed by atoms with Gasteiger partial charge in [0.2, 0.25) is 0 Å². The first-order valence-corrected chi connectivity index (χ1v) is 9.49. The summed E-state index contributed by atoms with van der Waals surface area (Å²) >= 11 is 0. The standard InChI is InChI=1S/C21H24N4O2/c1-24(13-4-6-18-7-5-15-27-18)21(26)17-11-9-16(10-12-17)20-23-22-19-8-2-3-14-25(19)20/h2-3,8-12,14,18H,4-7,13,15H2,1H3. The van der Waals surface area contributed by atoms with Crippen molar-refractivity contribution in [1.82, 2.24) is 19.5 Å². The molecule has 1 saturated heterocycles. The zero-order valence-corrected chi connectivity index (χ0v) is 15.5. The molecular formula is C21H24N4O2. The van der Waals surface area contributed by atoms with Gasteiger partial charge in [-0.15, -0.1) is 10.2 Å². The first kappa shape index (κ1) is 17.7. The molecule has 1 aliphatic rings. The fraction of sp³-hybridized carbons (Fsp3) is 0.381. The van der Waals surface area contributed by atoms with Gasteiger partial charge in [0, 0.05) is 37.5 Å². The van der Waals surface area contributed by atoms with Gasteiger partial charge in [-0.2, -0.15) is 0 Å². The number of aromatic nitrogens is 3. The van der Waals surface area contributed by atoms with Crippen LogP contribution in [0.1, 0.15) is 36.0 Å². The Bertz CT molecular complexity index is 913. The van der Waals surface area contributed by atoms with E-state index in [9.17, 15) is 4.79 Å². The number of benzene rings is 1. The number of carbonyl (C=O) groups is 1. The molecule has 0 aliphatic carbocycles. The number of pyridine rings is 1. The third-order valence-corrected chi connectivity index (χ3v) is 5.09. The van der Waals surface area contributed by atoms with Crippen LogP contribution < -0.4 is 0 Å². The van der Waals surface area contributed by atoms with Crippen LogP contribution in [0, 0.1) is 0 Å². The quantitative estimate of drug-likeness (QED) is 0.672. The molecule has 2 aromatic heterocycles. The van der Waals surface area contributed by atoms with Crippen LogP contribution in [0.25, 0.3) is 17.0 Å². The molecule has 3 heterocycles. The van der Waals surface area contributed by atoms with Gasteiger partial charge in [0.1, 0.15) is 0 Å². The summed E-state index contributed by atoms with van der Waals surface area (Å²) in [4.78, 5) is 14.4. The largest absolute Gasteiger partial charge is 0.378 e. The molecule has 0 bridgehead atoms. The Morgan fingerprint density at radius 1 is 1.22 bits per heavy atom. The van der Waals surface area contributed by atoms with Gasteiger partial charge in [-0.3, -0.25) is 9.20 Å². The molecule has 140 valence electrons. The molecule has 1 aromatic carbocycles. The molecule has 4 rings (SSSR count). The number of hydrogen-bond donors (Lipinski definition) is 0. The normalized spacial score (nSPS) is 16.7. The van der Waals surface area contributed by atoms with Gasteiger partial charge in [-0.25, -0.2) is 0 Å². The average Bonchev–Trinajstić information content (AvgIpc) is 3.37. The average molecular weight is 364 g/mol. The lowest BCUT2D eigenvalue weighted by Gasteiger charge is -2.18. The maximum Gasteiger partial charge on any atom is 0.253 e.